The third-order valence-electron chi connectivity index (χ3n) is 9.93. The molecule has 0 N–H and O–H groups in total. The van der Waals surface area contributed by atoms with Crippen LogP contribution in [0, 0.1) is 0 Å². The van der Waals surface area contributed by atoms with Crippen molar-refractivity contribution in [3.05, 3.63) is 95.6 Å². The number of benzene rings is 4. The number of esters is 1. The Balaban J connectivity index is 1.05. The van der Waals surface area contributed by atoms with E-state index in [-0.39, 0.29) is 12.5 Å². The number of carbonyl (C=O) groups is 2. The molecule has 314 valence electrons. The summed E-state index contributed by atoms with van der Waals surface area (Å²) in [5.74, 6) is -0.0550. The van der Waals surface area contributed by atoms with Gasteiger partial charge in [-0.05, 0) is 94.6 Å². The maximum absolute atomic E-state index is 13.2. The van der Waals surface area contributed by atoms with Gasteiger partial charge < -0.3 is 38.1 Å². The number of alkyl halides is 3. The maximum atomic E-state index is 13.2. The summed E-state index contributed by atoms with van der Waals surface area (Å²) in [7, 11) is 1.63. The molecule has 0 radical (unpaired) electrons. The van der Waals surface area contributed by atoms with E-state index in [0.717, 1.165) is 52.4 Å². The van der Waals surface area contributed by atoms with Crippen molar-refractivity contribution >= 4 is 22.6 Å². The fourth-order valence-electron chi connectivity index (χ4n) is 6.81. The van der Waals surface area contributed by atoms with E-state index in [4.69, 9.17) is 33.2 Å². The Labute approximate surface area is 338 Å². The van der Waals surface area contributed by atoms with Crippen LogP contribution in [0.5, 0.6) is 0 Å². The van der Waals surface area contributed by atoms with Crippen molar-refractivity contribution < 1.29 is 55.9 Å². The summed E-state index contributed by atoms with van der Waals surface area (Å²) in [5, 5.41) is 1.67. The van der Waals surface area contributed by atoms with Crippen LogP contribution in [-0.2, 0) is 44.1 Å². The van der Waals surface area contributed by atoms with Crippen LogP contribution in [0.4, 0.5) is 13.2 Å². The molecule has 0 bridgehead atoms. The standard InChI is InChI=1S/C45H54F3NO9/c1-3-58-44(51)39-31-38-30-37(34-8-11-40(12-9-34)45(46,47)48)10-13-41(38)42(32-39)36-6-4-33(5-7-36)35-14-17-49(18-15-35)43(50)16-19-53-22-23-55-26-27-57-29-28-56-25-24-54-21-20-52-2/h4-13,30-32,35H,3,14-29H2,1-2H3. The first-order chi connectivity index (χ1) is 28.2. The molecular weight excluding hydrogens is 755 g/mol. The van der Waals surface area contributed by atoms with Crippen molar-refractivity contribution in [2.24, 2.45) is 0 Å². The molecule has 0 atom stereocenters. The van der Waals surface area contributed by atoms with Gasteiger partial charge in [-0.1, -0.05) is 48.5 Å². The van der Waals surface area contributed by atoms with Gasteiger partial charge in [0.1, 0.15) is 0 Å². The molecule has 0 saturated carbocycles. The Hall–Kier alpha value is -4.37. The van der Waals surface area contributed by atoms with E-state index in [1.165, 1.54) is 17.7 Å². The number of rotatable bonds is 23. The lowest BCUT2D eigenvalue weighted by Gasteiger charge is -2.32. The molecule has 0 aliphatic carbocycles. The molecule has 0 unspecified atom stereocenters. The molecule has 13 heteroatoms. The molecule has 1 fully saturated rings. The lowest BCUT2D eigenvalue weighted by molar-refractivity contribution is -0.137. The van der Waals surface area contributed by atoms with Crippen molar-refractivity contribution in [2.75, 3.05) is 99.5 Å². The Kier molecular flexibility index (Phi) is 18.0. The zero-order valence-electron chi connectivity index (χ0n) is 33.4. The quantitative estimate of drug-likeness (QED) is 0.0543. The summed E-state index contributed by atoms with van der Waals surface area (Å²) in [4.78, 5) is 27.7. The molecule has 1 aliphatic heterocycles. The first-order valence-corrected chi connectivity index (χ1v) is 19.9. The van der Waals surface area contributed by atoms with Crippen LogP contribution in [0.15, 0.2) is 78.9 Å². The average molecular weight is 810 g/mol. The molecule has 58 heavy (non-hydrogen) atoms. The number of carbonyl (C=O) groups excluding carboxylic acids is 2. The van der Waals surface area contributed by atoms with Gasteiger partial charge in [0.05, 0.1) is 96.8 Å². The van der Waals surface area contributed by atoms with Crippen LogP contribution in [0.3, 0.4) is 0 Å². The third-order valence-corrected chi connectivity index (χ3v) is 9.93. The van der Waals surface area contributed by atoms with Crippen molar-refractivity contribution in [3.8, 4) is 22.3 Å². The zero-order chi connectivity index (χ0) is 41.2. The second-order valence-corrected chi connectivity index (χ2v) is 13.8. The van der Waals surface area contributed by atoms with Crippen molar-refractivity contribution in [1.29, 1.82) is 0 Å². The maximum Gasteiger partial charge on any atom is 0.416 e. The van der Waals surface area contributed by atoms with Gasteiger partial charge in [0.2, 0.25) is 5.91 Å². The predicted molar refractivity (Wildman–Crippen MR) is 215 cm³/mol. The van der Waals surface area contributed by atoms with Gasteiger partial charge in [-0.2, -0.15) is 13.2 Å². The van der Waals surface area contributed by atoms with E-state index in [2.05, 4.69) is 24.3 Å². The van der Waals surface area contributed by atoms with Gasteiger partial charge in [0.25, 0.3) is 0 Å². The van der Waals surface area contributed by atoms with Crippen molar-refractivity contribution in [2.45, 2.75) is 38.3 Å². The molecule has 0 aromatic heterocycles. The van der Waals surface area contributed by atoms with Crippen molar-refractivity contribution in [1.82, 2.24) is 4.90 Å². The molecule has 4 aromatic rings. The second kappa shape index (κ2) is 23.3. The minimum Gasteiger partial charge on any atom is -0.462 e. The van der Waals surface area contributed by atoms with Gasteiger partial charge in [0, 0.05) is 20.2 Å². The number of fused-ring (bicyclic) bond motifs is 1. The van der Waals surface area contributed by atoms with Crippen LogP contribution >= 0.6 is 0 Å². The highest BCUT2D eigenvalue weighted by Gasteiger charge is 2.30. The number of likely N-dealkylation sites (tertiary alicyclic amines) is 1. The van der Waals surface area contributed by atoms with E-state index >= 15 is 0 Å². The fourth-order valence-corrected chi connectivity index (χ4v) is 6.81. The number of hydrogen-bond acceptors (Lipinski definition) is 9. The molecule has 1 saturated heterocycles. The van der Waals surface area contributed by atoms with Gasteiger partial charge in [-0.25, -0.2) is 4.79 Å². The molecule has 0 spiro atoms. The Bertz CT molecular complexity index is 1860. The van der Waals surface area contributed by atoms with Gasteiger partial charge >= 0.3 is 12.1 Å². The number of piperidine rings is 1. The highest BCUT2D eigenvalue weighted by atomic mass is 19.4. The van der Waals surface area contributed by atoms with Crippen LogP contribution in [0.2, 0.25) is 0 Å². The van der Waals surface area contributed by atoms with E-state index < -0.39 is 17.7 Å². The number of amides is 1. The number of halogens is 3. The third kappa shape index (κ3) is 13.6. The van der Waals surface area contributed by atoms with Crippen LogP contribution in [0.1, 0.15) is 53.6 Å². The van der Waals surface area contributed by atoms with E-state index in [1.807, 2.05) is 29.2 Å². The summed E-state index contributed by atoms with van der Waals surface area (Å²) in [5.41, 5.74) is 4.02. The lowest BCUT2D eigenvalue weighted by atomic mass is 9.87. The minimum absolute atomic E-state index is 0.0849. The SMILES string of the molecule is CCOC(=O)c1cc(-c2ccc(C3CCN(C(=O)CCOCCOCCOCCOCCOCCOC)CC3)cc2)c2ccc(-c3ccc(C(F)(F)F)cc3)cc2c1. The molecular formula is C45H54F3NO9. The number of methoxy groups -OCH3 is 1. The van der Waals surface area contributed by atoms with Gasteiger partial charge in [-0.15, -0.1) is 0 Å². The monoisotopic (exact) mass is 809 g/mol. The number of hydrogen-bond donors (Lipinski definition) is 0. The number of nitrogens with zero attached hydrogens (tertiary/aromatic N) is 1. The fraction of sp³-hybridized carbons (Fsp3) is 0.467. The zero-order valence-corrected chi connectivity index (χ0v) is 33.4. The molecule has 10 nitrogen and oxygen atoms in total. The van der Waals surface area contributed by atoms with E-state index in [9.17, 15) is 22.8 Å². The summed E-state index contributed by atoms with van der Waals surface area (Å²) in [6.07, 6.45) is -2.39. The number of ether oxygens (including phenoxy) is 7. The second-order valence-electron chi connectivity index (χ2n) is 13.8. The van der Waals surface area contributed by atoms with Gasteiger partial charge in [-0.3, -0.25) is 4.79 Å². The Morgan fingerprint density at radius 3 is 1.74 bits per heavy atom. The largest absolute Gasteiger partial charge is 0.462 e. The summed E-state index contributed by atoms with van der Waals surface area (Å²) >= 11 is 0. The molecule has 4 aromatic carbocycles. The first kappa shape index (κ1) is 44.7. The lowest BCUT2D eigenvalue weighted by Crippen LogP contribution is -2.38. The Morgan fingerprint density at radius 2 is 1.19 bits per heavy atom. The molecule has 5 rings (SSSR count). The summed E-state index contributed by atoms with van der Waals surface area (Å²) < 4.78 is 77.1. The van der Waals surface area contributed by atoms with E-state index in [0.29, 0.717) is 109 Å². The summed E-state index contributed by atoms with van der Waals surface area (Å²) in [6, 6.07) is 22.7. The van der Waals surface area contributed by atoms with Gasteiger partial charge in [0.15, 0.2) is 0 Å². The highest BCUT2D eigenvalue weighted by Crippen LogP contribution is 2.36. The normalized spacial score (nSPS) is 13.6. The highest BCUT2D eigenvalue weighted by molar-refractivity contribution is 6.04. The van der Waals surface area contributed by atoms with E-state index in [1.54, 1.807) is 20.1 Å². The van der Waals surface area contributed by atoms with Crippen LogP contribution < -0.4 is 0 Å². The Morgan fingerprint density at radius 1 is 0.655 bits per heavy atom. The molecule has 1 aliphatic rings. The molecule has 1 amide bonds. The average Bonchev–Trinajstić information content (AvgIpc) is 3.24. The van der Waals surface area contributed by atoms with Crippen molar-refractivity contribution in [3.63, 3.8) is 0 Å². The minimum atomic E-state index is -4.42. The first-order valence-electron chi connectivity index (χ1n) is 19.9. The summed E-state index contributed by atoms with van der Waals surface area (Å²) in [6.45, 7) is 8.57. The topological polar surface area (TPSA) is 102 Å². The predicted octanol–water partition coefficient (Wildman–Crippen LogP) is 8.19. The smallest absolute Gasteiger partial charge is 0.416 e. The molecule has 1 heterocycles. The van der Waals surface area contributed by atoms with Crippen LogP contribution in [-0.4, -0.2) is 116 Å². The van der Waals surface area contributed by atoms with Crippen LogP contribution in [0.25, 0.3) is 33.0 Å².